The van der Waals surface area contributed by atoms with Gasteiger partial charge >= 0.3 is 0 Å². The van der Waals surface area contributed by atoms with Crippen LogP contribution in [0.2, 0.25) is 0 Å². The van der Waals surface area contributed by atoms with Crippen molar-refractivity contribution in [3.63, 3.8) is 0 Å². The Bertz CT molecular complexity index is 76.2. The van der Waals surface area contributed by atoms with E-state index >= 15 is 0 Å². The molecule has 0 bridgehead atoms. The van der Waals surface area contributed by atoms with Gasteiger partial charge in [0.15, 0.2) is 0 Å². The summed E-state index contributed by atoms with van der Waals surface area (Å²) in [5.74, 6) is 0. The van der Waals surface area contributed by atoms with Crippen LogP contribution < -0.4 is 0 Å². The van der Waals surface area contributed by atoms with Crippen LogP contribution in [-0.4, -0.2) is 6.10 Å². The minimum absolute atomic E-state index is 0.194. The summed E-state index contributed by atoms with van der Waals surface area (Å²) in [6.07, 6.45) is 1.72. The number of rotatable bonds is 1. The molecule has 0 aromatic carbocycles. The van der Waals surface area contributed by atoms with E-state index in [-0.39, 0.29) is 11.5 Å². The lowest BCUT2D eigenvalue weighted by Gasteiger charge is -1.98. The van der Waals surface area contributed by atoms with Crippen molar-refractivity contribution in [1.82, 2.24) is 0 Å². The van der Waals surface area contributed by atoms with E-state index in [0.717, 1.165) is 12.8 Å². The molecule has 0 N–H and O–H groups in total. The molecule has 1 aliphatic carbocycles. The molecular formula is C6H11O. The van der Waals surface area contributed by atoms with Crippen molar-refractivity contribution in [3.8, 4) is 0 Å². The van der Waals surface area contributed by atoms with Gasteiger partial charge in [-0.15, -0.1) is 0 Å². The second-order valence-electron chi connectivity index (χ2n) is 2.70. The van der Waals surface area contributed by atoms with Gasteiger partial charge in [-0.25, -0.2) is 5.11 Å². The van der Waals surface area contributed by atoms with E-state index in [1.807, 2.05) is 0 Å². The topological polar surface area (TPSA) is 19.9 Å². The number of hydrogen-bond acceptors (Lipinski definition) is 0. The Kier molecular flexibility index (Phi) is 0.890. The van der Waals surface area contributed by atoms with Gasteiger partial charge in [-0.05, 0) is 18.3 Å². The predicted molar refractivity (Wildman–Crippen MR) is 27.5 cm³/mol. The maximum Gasteiger partial charge on any atom is 0.0990 e. The Morgan fingerprint density at radius 3 is 2.29 bits per heavy atom. The van der Waals surface area contributed by atoms with Crippen molar-refractivity contribution < 1.29 is 5.11 Å². The largest absolute Gasteiger partial charge is 0.232 e. The zero-order valence-electron chi connectivity index (χ0n) is 4.90. The maximum atomic E-state index is 10.5. The van der Waals surface area contributed by atoms with E-state index in [1.54, 1.807) is 0 Å². The second-order valence-corrected chi connectivity index (χ2v) is 2.70. The average molecular weight is 99.2 g/mol. The summed E-state index contributed by atoms with van der Waals surface area (Å²) in [5.41, 5.74) is 0.194. The van der Waals surface area contributed by atoms with Gasteiger partial charge in [0.1, 0.15) is 0 Å². The quantitative estimate of drug-likeness (QED) is 0.476. The third-order valence-corrected chi connectivity index (χ3v) is 2.08. The summed E-state index contributed by atoms with van der Waals surface area (Å²) < 4.78 is 0. The second kappa shape index (κ2) is 1.22. The molecule has 1 aliphatic rings. The molecule has 0 aromatic rings. The van der Waals surface area contributed by atoms with Crippen LogP contribution in [0.5, 0.6) is 0 Å². The Morgan fingerprint density at radius 1 is 1.86 bits per heavy atom. The van der Waals surface area contributed by atoms with Crippen LogP contribution in [0.1, 0.15) is 26.7 Å². The zero-order chi connectivity index (χ0) is 5.49. The van der Waals surface area contributed by atoms with Crippen molar-refractivity contribution in [3.05, 3.63) is 0 Å². The molecular weight excluding hydrogens is 88.1 g/mol. The molecule has 0 heterocycles. The van der Waals surface area contributed by atoms with Gasteiger partial charge < -0.3 is 0 Å². The van der Waals surface area contributed by atoms with E-state index in [1.165, 1.54) is 0 Å². The first kappa shape index (κ1) is 5.10. The Labute approximate surface area is 44.4 Å². The third-order valence-electron chi connectivity index (χ3n) is 2.08. The van der Waals surface area contributed by atoms with Crippen LogP contribution in [-0.2, 0) is 5.11 Å². The highest BCUT2D eigenvalue weighted by atomic mass is 16.3. The molecule has 1 radical (unpaired) electrons. The van der Waals surface area contributed by atoms with Crippen LogP contribution in [0.3, 0.4) is 0 Å². The van der Waals surface area contributed by atoms with Crippen molar-refractivity contribution in [2.24, 2.45) is 5.41 Å². The van der Waals surface area contributed by atoms with Crippen LogP contribution in [0.25, 0.3) is 0 Å². The fourth-order valence-corrected chi connectivity index (χ4v) is 0.737. The van der Waals surface area contributed by atoms with Crippen molar-refractivity contribution in [2.75, 3.05) is 0 Å². The highest BCUT2D eigenvalue weighted by Crippen LogP contribution is 2.48. The van der Waals surface area contributed by atoms with E-state index in [0.29, 0.717) is 0 Å². The molecule has 7 heavy (non-hydrogen) atoms. The normalized spacial score (nSPS) is 49.3. The first-order valence-corrected chi connectivity index (χ1v) is 2.85. The fraction of sp³-hybridized carbons (Fsp3) is 1.00. The third kappa shape index (κ3) is 0.653. The van der Waals surface area contributed by atoms with Crippen LogP contribution in [0.4, 0.5) is 0 Å². The predicted octanol–water partition coefficient (Wildman–Crippen LogP) is 1.61. The summed E-state index contributed by atoms with van der Waals surface area (Å²) in [6.45, 7) is 4.14. The lowest BCUT2D eigenvalue weighted by molar-refractivity contribution is 0.137. The number of hydrogen-bond donors (Lipinski definition) is 0. The van der Waals surface area contributed by atoms with Gasteiger partial charge in [-0.3, -0.25) is 0 Å². The summed E-state index contributed by atoms with van der Waals surface area (Å²) in [6, 6.07) is 0. The minimum atomic E-state index is -0.238. The molecule has 0 saturated heterocycles. The standard InChI is InChI=1S/C6H11O/c1-3-6(2)4-5(6)7/h5H,3-4H2,1-2H3. The highest BCUT2D eigenvalue weighted by Gasteiger charge is 2.48. The van der Waals surface area contributed by atoms with Gasteiger partial charge in [0.2, 0.25) is 0 Å². The lowest BCUT2D eigenvalue weighted by Crippen LogP contribution is -1.95. The van der Waals surface area contributed by atoms with Gasteiger partial charge in [0.05, 0.1) is 6.10 Å². The summed E-state index contributed by atoms with van der Waals surface area (Å²) in [5, 5.41) is 10.5. The van der Waals surface area contributed by atoms with Crippen molar-refractivity contribution >= 4 is 0 Å². The molecule has 1 heteroatoms. The molecule has 2 atom stereocenters. The van der Waals surface area contributed by atoms with Gasteiger partial charge in [-0.1, -0.05) is 13.8 Å². The average Bonchev–Trinajstić information content (AvgIpc) is 2.18. The van der Waals surface area contributed by atoms with Crippen LogP contribution >= 0.6 is 0 Å². The Morgan fingerprint density at radius 2 is 2.29 bits per heavy atom. The van der Waals surface area contributed by atoms with Crippen molar-refractivity contribution in [1.29, 1.82) is 0 Å². The van der Waals surface area contributed by atoms with Crippen LogP contribution in [0, 0.1) is 5.41 Å². The molecule has 0 amide bonds. The van der Waals surface area contributed by atoms with E-state index in [9.17, 15) is 5.11 Å². The lowest BCUT2D eigenvalue weighted by atomic mass is 10.1. The molecule has 0 spiro atoms. The van der Waals surface area contributed by atoms with Crippen LogP contribution in [0.15, 0.2) is 0 Å². The van der Waals surface area contributed by atoms with Gasteiger partial charge in [0.25, 0.3) is 0 Å². The SMILES string of the molecule is CCC1(C)CC1[O]. The highest BCUT2D eigenvalue weighted by molar-refractivity contribution is 4.97. The molecule has 0 aliphatic heterocycles. The van der Waals surface area contributed by atoms with Gasteiger partial charge in [-0.2, -0.15) is 0 Å². The van der Waals surface area contributed by atoms with E-state index in [4.69, 9.17) is 0 Å². The zero-order valence-corrected chi connectivity index (χ0v) is 4.90. The summed E-state index contributed by atoms with van der Waals surface area (Å²) in [7, 11) is 0. The van der Waals surface area contributed by atoms with E-state index < -0.39 is 0 Å². The Hall–Kier alpha value is -0.0400. The maximum absolute atomic E-state index is 10.5. The first-order valence-electron chi connectivity index (χ1n) is 2.85. The summed E-state index contributed by atoms with van der Waals surface area (Å²) >= 11 is 0. The molecule has 1 nitrogen and oxygen atoms in total. The first-order chi connectivity index (χ1) is 3.19. The van der Waals surface area contributed by atoms with Crippen molar-refractivity contribution in [2.45, 2.75) is 32.8 Å². The summed E-state index contributed by atoms with van der Waals surface area (Å²) in [4.78, 5) is 0. The van der Waals surface area contributed by atoms with E-state index in [2.05, 4.69) is 13.8 Å². The minimum Gasteiger partial charge on any atom is -0.232 e. The Balaban J connectivity index is 2.36. The molecule has 1 fully saturated rings. The molecule has 1 rings (SSSR count). The molecule has 2 unspecified atom stereocenters. The fourth-order valence-electron chi connectivity index (χ4n) is 0.737. The van der Waals surface area contributed by atoms with Gasteiger partial charge in [0, 0.05) is 0 Å². The molecule has 41 valence electrons. The molecule has 0 aromatic heterocycles. The smallest absolute Gasteiger partial charge is 0.0990 e. The molecule has 1 saturated carbocycles. The monoisotopic (exact) mass is 99.1 g/mol.